The van der Waals surface area contributed by atoms with Crippen molar-refractivity contribution in [1.82, 2.24) is 15.1 Å². The van der Waals surface area contributed by atoms with Gasteiger partial charge in [0.1, 0.15) is 5.69 Å². The van der Waals surface area contributed by atoms with Crippen molar-refractivity contribution in [1.29, 1.82) is 0 Å². The smallest absolute Gasteiger partial charge is 0.274 e. The molecule has 2 amide bonds. The lowest BCUT2D eigenvalue weighted by Crippen LogP contribution is -2.35. The predicted molar refractivity (Wildman–Crippen MR) is 49.2 cm³/mol. The van der Waals surface area contributed by atoms with Gasteiger partial charge in [0.2, 0.25) is 5.91 Å². The first-order chi connectivity index (χ1) is 6.52. The number of rotatable bonds is 3. The zero-order valence-corrected chi connectivity index (χ0v) is 7.65. The molecule has 0 radical (unpaired) electrons. The van der Waals surface area contributed by atoms with E-state index in [1.807, 2.05) is 0 Å². The molecule has 0 saturated carbocycles. The lowest BCUT2D eigenvalue weighted by molar-refractivity contribution is -0.118. The SMILES string of the molecule is CN(CC(N)=O)C(=O)c1[nH]ncc1N. The molecular formula is C7H11N5O2. The molecule has 5 N–H and O–H groups in total. The third-order valence-electron chi connectivity index (χ3n) is 1.62. The van der Waals surface area contributed by atoms with Crippen molar-refractivity contribution in [3.8, 4) is 0 Å². The van der Waals surface area contributed by atoms with Crippen molar-refractivity contribution >= 4 is 17.5 Å². The van der Waals surface area contributed by atoms with Gasteiger partial charge in [-0.25, -0.2) is 0 Å². The van der Waals surface area contributed by atoms with Gasteiger partial charge in [0.05, 0.1) is 18.4 Å². The average Bonchev–Trinajstić information content (AvgIpc) is 2.48. The molecule has 0 unspecified atom stereocenters. The van der Waals surface area contributed by atoms with Crippen molar-refractivity contribution in [2.24, 2.45) is 5.73 Å². The Morgan fingerprint density at radius 1 is 1.64 bits per heavy atom. The van der Waals surface area contributed by atoms with E-state index in [1.165, 1.54) is 13.2 Å². The quantitative estimate of drug-likeness (QED) is 0.549. The Morgan fingerprint density at radius 3 is 2.71 bits per heavy atom. The van der Waals surface area contributed by atoms with Gasteiger partial charge in [-0.15, -0.1) is 0 Å². The van der Waals surface area contributed by atoms with Crippen LogP contribution in [0.5, 0.6) is 0 Å². The number of amides is 2. The van der Waals surface area contributed by atoms with Gasteiger partial charge in [-0.2, -0.15) is 5.10 Å². The minimum absolute atomic E-state index is 0.155. The summed E-state index contributed by atoms with van der Waals surface area (Å²) in [7, 11) is 1.45. The molecule has 0 aliphatic carbocycles. The van der Waals surface area contributed by atoms with Gasteiger partial charge in [-0.05, 0) is 0 Å². The van der Waals surface area contributed by atoms with Crippen LogP contribution in [0.15, 0.2) is 6.20 Å². The van der Waals surface area contributed by atoms with Gasteiger partial charge in [-0.3, -0.25) is 14.7 Å². The lowest BCUT2D eigenvalue weighted by atomic mass is 10.3. The van der Waals surface area contributed by atoms with Crippen molar-refractivity contribution in [2.75, 3.05) is 19.3 Å². The summed E-state index contributed by atoms with van der Waals surface area (Å²) in [6.07, 6.45) is 1.32. The van der Waals surface area contributed by atoms with E-state index in [2.05, 4.69) is 10.2 Å². The number of aromatic amines is 1. The number of aromatic nitrogens is 2. The second-order valence-electron chi connectivity index (χ2n) is 2.83. The monoisotopic (exact) mass is 197 g/mol. The van der Waals surface area contributed by atoms with Crippen LogP contribution in [0.1, 0.15) is 10.5 Å². The highest BCUT2D eigenvalue weighted by Crippen LogP contribution is 2.08. The fourth-order valence-electron chi connectivity index (χ4n) is 0.963. The first-order valence-corrected chi connectivity index (χ1v) is 3.85. The fourth-order valence-corrected chi connectivity index (χ4v) is 0.963. The van der Waals surface area contributed by atoms with E-state index in [0.29, 0.717) is 0 Å². The molecule has 0 aliphatic rings. The van der Waals surface area contributed by atoms with Crippen LogP contribution in [0.3, 0.4) is 0 Å². The molecule has 1 rings (SSSR count). The van der Waals surface area contributed by atoms with E-state index in [4.69, 9.17) is 11.5 Å². The van der Waals surface area contributed by atoms with Crippen LogP contribution in [0, 0.1) is 0 Å². The van der Waals surface area contributed by atoms with Crippen LogP contribution >= 0.6 is 0 Å². The number of carbonyl (C=O) groups excluding carboxylic acids is 2. The highest BCUT2D eigenvalue weighted by Gasteiger charge is 2.17. The normalized spacial score (nSPS) is 9.79. The summed E-state index contributed by atoms with van der Waals surface area (Å²) in [4.78, 5) is 23.2. The molecule has 0 bridgehead atoms. The van der Waals surface area contributed by atoms with Crippen molar-refractivity contribution in [3.05, 3.63) is 11.9 Å². The van der Waals surface area contributed by atoms with Crippen molar-refractivity contribution in [3.63, 3.8) is 0 Å². The summed E-state index contributed by atoms with van der Waals surface area (Å²) < 4.78 is 0. The van der Waals surface area contributed by atoms with Gasteiger partial charge < -0.3 is 16.4 Å². The van der Waals surface area contributed by atoms with Crippen molar-refractivity contribution < 1.29 is 9.59 Å². The van der Waals surface area contributed by atoms with Gasteiger partial charge in [-0.1, -0.05) is 0 Å². The molecule has 1 aromatic heterocycles. The zero-order chi connectivity index (χ0) is 10.7. The maximum absolute atomic E-state index is 11.5. The Balaban J connectivity index is 2.76. The number of primary amides is 1. The topological polar surface area (TPSA) is 118 Å². The summed E-state index contributed by atoms with van der Waals surface area (Å²) in [5.41, 5.74) is 10.8. The molecule has 0 fully saturated rings. The maximum Gasteiger partial charge on any atom is 0.274 e. The molecular weight excluding hydrogens is 186 g/mol. The lowest BCUT2D eigenvalue weighted by Gasteiger charge is -2.13. The second kappa shape index (κ2) is 3.77. The first-order valence-electron chi connectivity index (χ1n) is 3.85. The van der Waals surface area contributed by atoms with E-state index in [9.17, 15) is 9.59 Å². The number of hydrogen-bond donors (Lipinski definition) is 3. The molecule has 0 aliphatic heterocycles. The Hall–Kier alpha value is -2.05. The average molecular weight is 197 g/mol. The molecule has 7 nitrogen and oxygen atoms in total. The maximum atomic E-state index is 11.5. The van der Waals surface area contributed by atoms with Crippen molar-refractivity contribution in [2.45, 2.75) is 0 Å². The number of likely N-dealkylation sites (N-methyl/N-ethyl adjacent to an activating group) is 1. The third kappa shape index (κ3) is 2.00. The summed E-state index contributed by atoms with van der Waals surface area (Å²) >= 11 is 0. The number of hydrogen-bond acceptors (Lipinski definition) is 4. The standard InChI is InChI=1S/C7H11N5O2/c1-12(3-5(9)13)7(14)6-4(8)2-10-11-6/h2H,3,8H2,1H3,(H2,9,13)(H,10,11). The molecule has 76 valence electrons. The molecule has 14 heavy (non-hydrogen) atoms. The van der Waals surface area contributed by atoms with Gasteiger partial charge in [0.25, 0.3) is 5.91 Å². The summed E-state index contributed by atoms with van der Waals surface area (Å²) in [5, 5.41) is 6.03. The highest BCUT2D eigenvalue weighted by atomic mass is 16.2. The van der Waals surface area contributed by atoms with Crippen LogP contribution < -0.4 is 11.5 Å². The van der Waals surface area contributed by atoms with E-state index < -0.39 is 11.8 Å². The summed E-state index contributed by atoms with van der Waals surface area (Å²) in [6.45, 7) is -0.155. The van der Waals surface area contributed by atoms with Gasteiger partial charge in [0.15, 0.2) is 0 Å². The molecule has 0 spiro atoms. The Kier molecular flexibility index (Phi) is 2.70. The number of nitrogens with zero attached hydrogens (tertiary/aromatic N) is 2. The third-order valence-corrected chi connectivity index (χ3v) is 1.62. The number of nitrogens with two attached hydrogens (primary N) is 2. The predicted octanol–water partition coefficient (Wildman–Crippen LogP) is -1.45. The molecule has 7 heteroatoms. The van der Waals surface area contributed by atoms with Gasteiger partial charge >= 0.3 is 0 Å². The Labute approximate surface area is 80.1 Å². The molecule has 0 atom stereocenters. The second-order valence-corrected chi connectivity index (χ2v) is 2.83. The first kappa shape index (κ1) is 10.0. The molecule has 1 aromatic rings. The fraction of sp³-hybridized carbons (Fsp3) is 0.286. The largest absolute Gasteiger partial charge is 0.396 e. The van der Waals surface area contributed by atoms with E-state index in [0.717, 1.165) is 4.90 Å². The van der Waals surface area contributed by atoms with E-state index >= 15 is 0 Å². The minimum atomic E-state index is -0.584. The Morgan fingerprint density at radius 2 is 2.29 bits per heavy atom. The summed E-state index contributed by atoms with van der Waals surface area (Å²) in [6, 6.07) is 0. The number of nitrogens with one attached hydrogen (secondary N) is 1. The molecule has 0 aromatic carbocycles. The van der Waals surface area contributed by atoms with Crippen LogP contribution in [-0.2, 0) is 4.79 Å². The van der Waals surface area contributed by atoms with Crippen LogP contribution in [0.2, 0.25) is 0 Å². The molecule has 0 saturated heterocycles. The Bertz CT molecular complexity index is 359. The highest BCUT2D eigenvalue weighted by molar-refractivity contribution is 5.98. The molecule has 1 heterocycles. The summed E-state index contributed by atoms with van der Waals surface area (Å²) in [5.74, 6) is -1.00. The van der Waals surface area contributed by atoms with Crippen LogP contribution in [0.25, 0.3) is 0 Å². The van der Waals surface area contributed by atoms with E-state index in [-0.39, 0.29) is 17.9 Å². The number of anilines is 1. The number of H-pyrrole nitrogens is 1. The van der Waals surface area contributed by atoms with Crippen LogP contribution in [0.4, 0.5) is 5.69 Å². The van der Waals surface area contributed by atoms with E-state index in [1.54, 1.807) is 0 Å². The number of nitrogen functional groups attached to an aromatic ring is 1. The minimum Gasteiger partial charge on any atom is -0.396 e. The van der Waals surface area contributed by atoms with Gasteiger partial charge in [0, 0.05) is 7.05 Å². The zero-order valence-electron chi connectivity index (χ0n) is 7.65. The number of carbonyl (C=O) groups is 2. The van der Waals surface area contributed by atoms with Crippen LogP contribution in [-0.4, -0.2) is 40.5 Å².